The molecule has 678 valence electrons. The number of aliphatic hydroxyl groups excluding tert-OH is 1. The highest BCUT2D eigenvalue weighted by Crippen LogP contribution is 2.48. The number of likely N-dealkylation sites (N-methyl/N-ethyl adjacent to an activating group) is 2. The molecule has 12 atom stereocenters. The van der Waals surface area contributed by atoms with E-state index < -0.39 is 138 Å². The second-order valence-electron chi connectivity index (χ2n) is 32.5. The van der Waals surface area contributed by atoms with Gasteiger partial charge in [-0.3, -0.25) is 43.2 Å². The van der Waals surface area contributed by atoms with Crippen molar-refractivity contribution in [1.29, 1.82) is 0 Å². The number of carbonyl (C=O) groups is 11. The molecule has 2 aliphatic heterocycles. The van der Waals surface area contributed by atoms with E-state index >= 15 is 0 Å². The zero-order chi connectivity index (χ0) is 91.1. The molecular weight excluding hydrogens is 1640 g/mol. The first-order chi connectivity index (χ1) is 59.0. The first-order valence-corrected chi connectivity index (χ1v) is 43.9. The highest BCUT2D eigenvalue weighted by atomic mass is 32.2. The van der Waals surface area contributed by atoms with Crippen LogP contribution in [0.5, 0.6) is 5.75 Å². The molecule has 9 amide bonds. The Labute approximate surface area is 734 Å². The molecule has 0 aromatic heterocycles. The van der Waals surface area contributed by atoms with E-state index in [4.69, 9.17) is 38.9 Å². The minimum absolute atomic E-state index is 0.0121. The van der Waals surface area contributed by atoms with Gasteiger partial charge in [0, 0.05) is 93.9 Å². The van der Waals surface area contributed by atoms with Gasteiger partial charge in [-0.1, -0.05) is 178 Å². The fraction of sp³-hybridized carbons (Fsp3) is 0.533. The van der Waals surface area contributed by atoms with Gasteiger partial charge in [-0.2, -0.15) is 13.2 Å². The number of primary amides is 1. The Morgan fingerprint density at radius 2 is 1.23 bits per heavy atom. The summed E-state index contributed by atoms with van der Waals surface area (Å²) in [6, 6.07) is 32.2. The number of urea groups is 1. The SMILES string of the molecule is CCC(C)[C@@H]([C@@H](CC(=O)N1CCC[C@H]1[C@H](OC)[C@@H](C)C(=O)C[C@H](C)[C@@H](O)c1ccccc1)OC)N(C)C(=O)[C@@H](CC(=O)[C@H](C(C)C)N(C)C(=O)OCc1ccc(NC(=O)[C@H](CCCNC(N)=O)CC(=O)[C@@H](NC(=O)COCCOCCOCCOc2ccc(N3C(=O)C(Sc4ccccc4)=C(Sc4ccccc4)C3=O)c(C(F)(F)F)c2)C(C)C)cc1)C(C)C. The molecule has 7 rings (SSSR count). The number of methoxy groups -OCH3 is 2. The van der Waals surface area contributed by atoms with Crippen molar-refractivity contribution in [2.45, 2.75) is 192 Å². The van der Waals surface area contributed by atoms with Gasteiger partial charge in [-0.05, 0) is 121 Å². The summed E-state index contributed by atoms with van der Waals surface area (Å²) in [6.07, 6.45) is -6.13. The van der Waals surface area contributed by atoms with Gasteiger partial charge in [0.05, 0.1) is 103 Å². The van der Waals surface area contributed by atoms with Crippen LogP contribution in [-0.4, -0.2) is 209 Å². The lowest BCUT2D eigenvalue weighted by Crippen LogP contribution is -2.54. The summed E-state index contributed by atoms with van der Waals surface area (Å²) >= 11 is 1.98. The molecule has 2 aliphatic rings. The number of ether oxygens (including phenoxy) is 7. The molecule has 1 saturated heterocycles. The van der Waals surface area contributed by atoms with E-state index in [9.17, 15) is 71.0 Å². The summed E-state index contributed by atoms with van der Waals surface area (Å²) in [5.41, 5.74) is 4.99. The molecule has 32 heteroatoms. The first kappa shape index (κ1) is 102. The molecule has 124 heavy (non-hydrogen) atoms. The van der Waals surface area contributed by atoms with E-state index in [1.165, 1.54) is 25.1 Å². The number of halogens is 3. The number of alkyl halides is 3. The van der Waals surface area contributed by atoms with Gasteiger partial charge in [-0.25, -0.2) is 14.5 Å². The number of imide groups is 1. The maximum Gasteiger partial charge on any atom is 0.418 e. The van der Waals surface area contributed by atoms with Gasteiger partial charge in [0.2, 0.25) is 23.6 Å². The summed E-state index contributed by atoms with van der Waals surface area (Å²) in [4.78, 5) is 159. The van der Waals surface area contributed by atoms with Crippen LogP contribution in [0, 0.1) is 47.3 Å². The molecule has 2 heterocycles. The van der Waals surface area contributed by atoms with Crippen molar-refractivity contribution in [2.75, 3.05) is 97.9 Å². The van der Waals surface area contributed by atoms with Crippen LogP contribution in [-0.2, 0) is 84.4 Å². The largest absolute Gasteiger partial charge is 0.491 e. The Kier molecular flexibility index (Phi) is 40.9. The number of aliphatic hydroxyl groups is 1. The third-order valence-electron chi connectivity index (χ3n) is 22.4. The fourth-order valence-electron chi connectivity index (χ4n) is 15.5. The lowest BCUT2D eigenvalue weighted by molar-refractivity contribution is -0.149. The number of amides is 9. The zero-order valence-electron chi connectivity index (χ0n) is 73.4. The van der Waals surface area contributed by atoms with E-state index in [-0.39, 0.29) is 148 Å². The topological polar surface area (TPSA) is 348 Å². The molecule has 6 N–H and O–H groups in total. The Morgan fingerprint density at radius 3 is 1.77 bits per heavy atom. The third-order valence-corrected chi connectivity index (χ3v) is 24.8. The molecule has 1 fully saturated rings. The molecule has 0 radical (unpaired) electrons. The molecule has 5 aromatic rings. The van der Waals surface area contributed by atoms with Crippen LogP contribution in [0.1, 0.15) is 150 Å². The summed E-state index contributed by atoms with van der Waals surface area (Å²) in [5, 5.41) is 19.1. The average Bonchev–Trinajstić information content (AvgIpc) is 1.60. The molecule has 0 saturated carbocycles. The van der Waals surface area contributed by atoms with Gasteiger partial charge in [0.25, 0.3) is 11.8 Å². The Morgan fingerprint density at radius 1 is 0.653 bits per heavy atom. The maximum atomic E-state index is 15.0. The predicted molar refractivity (Wildman–Crippen MR) is 466 cm³/mol. The van der Waals surface area contributed by atoms with E-state index in [0.29, 0.717) is 51.7 Å². The number of anilines is 2. The minimum atomic E-state index is -4.99. The van der Waals surface area contributed by atoms with E-state index in [0.717, 1.165) is 41.2 Å². The number of benzene rings is 5. The van der Waals surface area contributed by atoms with Crippen molar-refractivity contribution in [1.82, 2.24) is 25.3 Å². The van der Waals surface area contributed by atoms with Crippen molar-refractivity contribution in [3.05, 3.63) is 160 Å². The molecule has 5 aromatic carbocycles. The third kappa shape index (κ3) is 29.5. The minimum Gasteiger partial charge on any atom is -0.491 e. The van der Waals surface area contributed by atoms with Crippen LogP contribution in [0.2, 0.25) is 0 Å². The van der Waals surface area contributed by atoms with Crippen LogP contribution >= 0.6 is 23.5 Å². The number of nitrogens with two attached hydrogens (primary N) is 1. The lowest BCUT2D eigenvalue weighted by atomic mass is 9.83. The number of hydrogen-bond acceptors (Lipinski definition) is 21. The number of thioether (sulfide) groups is 2. The summed E-state index contributed by atoms with van der Waals surface area (Å²) in [6.45, 7) is 18.2. The normalized spacial score (nSPS) is 16.4. The summed E-state index contributed by atoms with van der Waals surface area (Å²) < 4.78 is 84.4. The van der Waals surface area contributed by atoms with Crippen molar-refractivity contribution in [3.63, 3.8) is 0 Å². The molecule has 27 nitrogen and oxygen atoms in total. The van der Waals surface area contributed by atoms with Crippen molar-refractivity contribution in [3.8, 4) is 5.75 Å². The number of hydrogen-bond donors (Lipinski definition) is 5. The average molecular weight is 1770 g/mol. The van der Waals surface area contributed by atoms with Crippen LogP contribution in [0.4, 0.5) is 34.1 Å². The highest BCUT2D eigenvalue weighted by Gasteiger charge is 2.47. The van der Waals surface area contributed by atoms with Crippen molar-refractivity contribution >= 4 is 99.8 Å². The van der Waals surface area contributed by atoms with E-state index in [1.807, 2.05) is 65.0 Å². The summed E-state index contributed by atoms with van der Waals surface area (Å²) in [7, 11) is 6.19. The van der Waals surface area contributed by atoms with Gasteiger partial charge in [-0.15, -0.1) is 0 Å². The number of rotatable bonds is 52. The standard InChI is InChI=1S/C92H123F3N8O19S2/c1-15-59(8)81(76(116-13)53-78(108)102-42-26-34-72(102)83(117-14)61(10)73(104)49-60(9)82(109)63-27-19-16-20-28-63)100(11)87(111)69(56(2)3)52-75(106)80(58(6)7)101(12)91(115)122-54-62-35-37-65(38-36-62)98-86(110)64(29-25-41-97-90(96)114)50-74(105)79(57(4)5)99-77(107)55-120-46-45-118-43-44-119-47-48-121-66-39-40-71(70(51-66)92(93,94)95)103-88(112)84(123-67-30-21-17-22-31-67)85(89(103)113)124-68-32-23-18-24-33-68/h16-24,27-28,30-33,35-40,51,56-61,64,69,72,76,79-83,109H,15,25-26,29,34,41-50,52-55H2,1-14H3,(H,98,110)(H,99,107)(H3,96,97,114)/t59?,60-,61-,64+,69-,72-,76+,79-,80-,81-,82+,83+/m0/s1. The number of Topliss-reactive ketones (excluding diaryl/α,β-unsaturated/α-hetero) is 3. The second kappa shape index (κ2) is 50.0. The number of likely N-dealkylation sites (tertiary alicyclic amines) is 1. The van der Waals surface area contributed by atoms with Gasteiger partial charge >= 0.3 is 18.3 Å². The molecular formula is C92H123F3N8O19S2. The van der Waals surface area contributed by atoms with Crippen LogP contribution < -0.4 is 31.3 Å². The predicted octanol–water partition coefficient (Wildman–Crippen LogP) is 13.7. The smallest absolute Gasteiger partial charge is 0.418 e. The number of ketones is 3. The molecule has 0 aliphatic carbocycles. The quantitative estimate of drug-likeness (QED) is 0.0178. The van der Waals surface area contributed by atoms with Crippen LogP contribution in [0.3, 0.4) is 0 Å². The van der Waals surface area contributed by atoms with Crippen LogP contribution in [0.25, 0.3) is 0 Å². The molecule has 0 bridgehead atoms. The van der Waals surface area contributed by atoms with Crippen molar-refractivity contribution in [2.24, 2.45) is 53.1 Å². The number of nitrogens with zero attached hydrogens (tertiary/aromatic N) is 4. The Bertz CT molecular complexity index is 4320. The first-order valence-electron chi connectivity index (χ1n) is 42.2. The van der Waals surface area contributed by atoms with Gasteiger partial charge < -0.3 is 74.6 Å². The van der Waals surface area contributed by atoms with Gasteiger partial charge in [0.1, 0.15) is 31.4 Å². The lowest BCUT2D eigenvalue weighted by Gasteiger charge is -2.41. The fourth-order valence-corrected chi connectivity index (χ4v) is 17.5. The maximum absolute atomic E-state index is 15.0. The zero-order valence-corrected chi connectivity index (χ0v) is 75.0. The second-order valence-corrected chi connectivity index (χ2v) is 34.6. The Balaban J connectivity index is 0.847. The Hall–Kier alpha value is -9.54. The monoisotopic (exact) mass is 1760 g/mol. The number of carbonyl (C=O) groups excluding carboxylic acids is 11. The van der Waals surface area contributed by atoms with Gasteiger partial charge in [0.15, 0.2) is 11.6 Å². The number of nitrogens with one attached hydrogen (secondary N) is 3. The van der Waals surface area contributed by atoms with E-state index in [1.54, 1.807) is 144 Å². The highest BCUT2D eigenvalue weighted by molar-refractivity contribution is 8.08. The van der Waals surface area contributed by atoms with E-state index in [2.05, 4.69) is 16.0 Å². The van der Waals surface area contributed by atoms with Crippen molar-refractivity contribution < 1.29 is 104 Å². The van der Waals surface area contributed by atoms with Crippen LogP contribution in [0.15, 0.2) is 153 Å². The summed E-state index contributed by atoms with van der Waals surface area (Å²) in [5.74, 6) is -8.56. The molecule has 0 spiro atoms. The molecule has 1 unspecified atom stereocenters.